The van der Waals surface area contributed by atoms with E-state index in [1.807, 2.05) is 18.2 Å². The van der Waals surface area contributed by atoms with Crippen LogP contribution in [0.5, 0.6) is 0 Å². The van der Waals surface area contributed by atoms with Crippen LogP contribution in [0, 0.1) is 0 Å². The van der Waals surface area contributed by atoms with Gasteiger partial charge in [-0.05, 0) is 30.3 Å². The van der Waals surface area contributed by atoms with Crippen molar-refractivity contribution in [3.8, 4) is 0 Å². The first-order valence-corrected chi connectivity index (χ1v) is 6.64. The largest absolute Gasteiger partial charge is 0.480 e. The molecule has 1 unspecified atom stereocenters. The molecule has 0 aliphatic rings. The van der Waals surface area contributed by atoms with Gasteiger partial charge in [0.2, 0.25) is 0 Å². The molecular formula is C16H18N2O3. The maximum atomic E-state index is 11.6. The van der Waals surface area contributed by atoms with Gasteiger partial charge in [-0.25, -0.2) is 0 Å². The number of carboxylic acid groups (broad SMARTS) is 1. The number of carboxylic acids is 1. The Hall–Kier alpha value is -2.24. The van der Waals surface area contributed by atoms with Crippen LogP contribution in [0.1, 0.15) is 22.9 Å². The van der Waals surface area contributed by atoms with Crippen LogP contribution in [-0.4, -0.2) is 33.1 Å². The minimum absolute atomic E-state index is 0.0538. The van der Waals surface area contributed by atoms with E-state index < -0.39 is 12.0 Å². The minimum Gasteiger partial charge on any atom is -0.480 e. The van der Waals surface area contributed by atoms with Gasteiger partial charge in [-0.1, -0.05) is 30.3 Å². The van der Waals surface area contributed by atoms with Crippen LogP contribution in [0.3, 0.4) is 0 Å². The molecule has 1 atom stereocenters. The lowest BCUT2D eigenvalue weighted by Gasteiger charge is -2.24. The van der Waals surface area contributed by atoms with E-state index >= 15 is 0 Å². The van der Waals surface area contributed by atoms with E-state index in [0.717, 1.165) is 11.3 Å². The van der Waals surface area contributed by atoms with E-state index in [1.165, 1.54) is 0 Å². The third-order valence-electron chi connectivity index (χ3n) is 3.29. The Balaban J connectivity index is 2.19. The molecule has 1 aromatic carbocycles. The summed E-state index contributed by atoms with van der Waals surface area (Å²) in [6.45, 7) is 0.390. The Morgan fingerprint density at radius 3 is 2.48 bits per heavy atom. The highest BCUT2D eigenvalue weighted by atomic mass is 16.4. The van der Waals surface area contributed by atoms with Crippen molar-refractivity contribution in [3.63, 3.8) is 0 Å². The molecule has 0 radical (unpaired) electrons. The van der Waals surface area contributed by atoms with Crippen molar-refractivity contribution < 1.29 is 15.0 Å². The van der Waals surface area contributed by atoms with Crippen molar-refractivity contribution in [2.75, 3.05) is 7.05 Å². The molecule has 1 aromatic heterocycles. The highest BCUT2D eigenvalue weighted by Gasteiger charge is 2.24. The van der Waals surface area contributed by atoms with E-state index in [2.05, 4.69) is 4.98 Å². The Morgan fingerprint density at radius 2 is 1.95 bits per heavy atom. The molecule has 0 amide bonds. The van der Waals surface area contributed by atoms with Crippen molar-refractivity contribution >= 4 is 5.97 Å². The van der Waals surface area contributed by atoms with Gasteiger partial charge in [0.15, 0.2) is 0 Å². The Kier molecular flexibility index (Phi) is 5.03. The highest BCUT2D eigenvalue weighted by Crippen LogP contribution is 2.22. The van der Waals surface area contributed by atoms with Crippen molar-refractivity contribution in [1.29, 1.82) is 0 Å². The number of rotatable bonds is 6. The number of hydrogen-bond acceptors (Lipinski definition) is 4. The summed E-state index contributed by atoms with van der Waals surface area (Å²) in [5, 5.41) is 18.5. The van der Waals surface area contributed by atoms with E-state index in [-0.39, 0.29) is 6.61 Å². The van der Waals surface area contributed by atoms with Gasteiger partial charge < -0.3 is 10.2 Å². The number of aliphatic hydroxyl groups is 1. The third kappa shape index (κ3) is 3.87. The Labute approximate surface area is 123 Å². The number of aromatic nitrogens is 1. The number of hydrogen-bond donors (Lipinski definition) is 2. The second kappa shape index (κ2) is 6.97. The molecular weight excluding hydrogens is 268 g/mol. The van der Waals surface area contributed by atoms with Gasteiger partial charge in [0, 0.05) is 12.7 Å². The van der Waals surface area contributed by atoms with Crippen LogP contribution < -0.4 is 0 Å². The molecule has 0 aliphatic carbocycles. The van der Waals surface area contributed by atoms with Gasteiger partial charge in [0.25, 0.3) is 0 Å². The first kappa shape index (κ1) is 15.2. The zero-order valence-electron chi connectivity index (χ0n) is 11.8. The average molecular weight is 286 g/mol. The molecule has 0 bridgehead atoms. The normalized spacial score (nSPS) is 12.3. The first-order valence-electron chi connectivity index (χ1n) is 6.64. The van der Waals surface area contributed by atoms with Gasteiger partial charge >= 0.3 is 5.97 Å². The molecule has 0 aliphatic heterocycles. The average Bonchev–Trinajstić information content (AvgIpc) is 2.49. The highest BCUT2D eigenvalue weighted by molar-refractivity contribution is 5.75. The fraction of sp³-hybridized carbons (Fsp3) is 0.250. The van der Waals surface area contributed by atoms with Gasteiger partial charge in [0.05, 0.1) is 12.3 Å². The molecule has 0 spiro atoms. The fourth-order valence-corrected chi connectivity index (χ4v) is 2.23. The maximum absolute atomic E-state index is 11.6. The molecule has 5 heteroatoms. The van der Waals surface area contributed by atoms with Crippen LogP contribution in [0.25, 0.3) is 0 Å². The summed E-state index contributed by atoms with van der Waals surface area (Å²) in [7, 11) is 1.76. The van der Waals surface area contributed by atoms with Crippen molar-refractivity contribution in [2.24, 2.45) is 0 Å². The number of aliphatic hydroxyl groups excluding tert-OH is 1. The van der Waals surface area contributed by atoms with Gasteiger partial charge in [-0.2, -0.15) is 0 Å². The molecule has 0 saturated heterocycles. The van der Waals surface area contributed by atoms with Crippen LogP contribution in [0.15, 0.2) is 48.7 Å². The summed E-state index contributed by atoms with van der Waals surface area (Å²) in [6, 6.07) is 11.8. The number of carbonyl (C=O) groups is 1. The molecule has 21 heavy (non-hydrogen) atoms. The van der Waals surface area contributed by atoms with Crippen LogP contribution in [0.4, 0.5) is 0 Å². The zero-order chi connectivity index (χ0) is 15.2. The van der Waals surface area contributed by atoms with Crippen LogP contribution >= 0.6 is 0 Å². The summed E-state index contributed by atoms with van der Waals surface area (Å²) in [5.74, 6) is -0.912. The first-order chi connectivity index (χ1) is 10.1. The number of aliphatic carboxylic acids is 1. The summed E-state index contributed by atoms with van der Waals surface area (Å²) in [6.07, 6.45) is 1.69. The molecule has 2 rings (SSSR count). The second-order valence-electron chi connectivity index (χ2n) is 4.88. The lowest BCUT2D eigenvalue weighted by molar-refractivity contribution is -0.143. The van der Waals surface area contributed by atoms with Crippen molar-refractivity contribution in [2.45, 2.75) is 19.2 Å². The standard InChI is InChI=1S/C16H18N2O3/c1-18(10-14-4-2-3-9-17-14)15(16(20)21)13-7-5-12(11-19)6-8-13/h2-9,15,19H,10-11H2,1H3,(H,20,21). The Bertz CT molecular complexity index is 584. The second-order valence-corrected chi connectivity index (χ2v) is 4.88. The number of benzene rings is 1. The topological polar surface area (TPSA) is 73.7 Å². The predicted molar refractivity (Wildman–Crippen MR) is 78.4 cm³/mol. The van der Waals surface area contributed by atoms with Crippen LogP contribution in [-0.2, 0) is 17.9 Å². The van der Waals surface area contributed by atoms with Gasteiger partial charge in [-0.15, -0.1) is 0 Å². The molecule has 110 valence electrons. The van der Waals surface area contributed by atoms with E-state index in [4.69, 9.17) is 5.11 Å². The molecule has 2 N–H and O–H groups in total. The monoisotopic (exact) mass is 286 g/mol. The van der Waals surface area contributed by atoms with E-state index in [9.17, 15) is 9.90 Å². The smallest absolute Gasteiger partial charge is 0.325 e. The quantitative estimate of drug-likeness (QED) is 0.847. The molecule has 0 fully saturated rings. The number of likely N-dealkylation sites (N-methyl/N-ethyl adjacent to an activating group) is 1. The predicted octanol–water partition coefficient (Wildman–Crippen LogP) is 1.83. The van der Waals surface area contributed by atoms with Crippen molar-refractivity contribution in [1.82, 2.24) is 9.88 Å². The van der Waals surface area contributed by atoms with Gasteiger partial charge in [-0.3, -0.25) is 14.7 Å². The zero-order valence-corrected chi connectivity index (χ0v) is 11.8. The summed E-state index contributed by atoms with van der Waals surface area (Å²) < 4.78 is 0. The summed E-state index contributed by atoms with van der Waals surface area (Å²) in [4.78, 5) is 17.5. The molecule has 1 heterocycles. The molecule has 0 saturated carbocycles. The maximum Gasteiger partial charge on any atom is 0.325 e. The van der Waals surface area contributed by atoms with Gasteiger partial charge in [0.1, 0.15) is 6.04 Å². The fourth-order valence-electron chi connectivity index (χ4n) is 2.23. The minimum atomic E-state index is -0.912. The summed E-state index contributed by atoms with van der Waals surface area (Å²) >= 11 is 0. The van der Waals surface area contributed by atoms with E-state index in [1.54, 1.807) is 42.4 Å². The third-order valence-corrected chi connectivity index (χ3v) is 3.29. The Morgan fingerprint density at radius 1 is 1.24 bits per heavy atom. The molecule has 5 nitrogen and oxygen atoms in total. The molecule has 2 aromatic rings. The van der Waals surface area contributed by atoms with Crippen LogP contribution in [0.2, 0.25) is 0 Å². The number of nitrogens with zero attached hydrogens (tertiary/aromatic N) is 2. The van der Waals surface area contributed by atoms with Crippen molar-refractivity contribution in [3.05, 3.63) is 65.5 Å². The lowest BCUT2D eigenvalue weighted by atomic mass is 10.0. The van der Waals surface area contributed by atoms with E-state index in [0.29, 0.717) is 12.1 Å². The number of pyridine rings is 1. The SMILES string of the molecule is CN(Cc1ccccn1)C(C(=O)O)c1ccc(CO)cc1. The lowest BCUT2D eigenvalue weighted by Crippen LogP contribution is -2.30. The summed E-state index contributed by atoms with van der Waals surface area (Å²) in [5.41, 5.74) is 2.26.